The van der Waals surface area contributed by atoms with Gasteiger partial charge in [0.2, 0.25) is 0 Å². The van der Waals surface area contributed by atoms with Crippen molar-refractivity contribution >= 4 is 27.7 Å². The number of aliphatic hydroxyl groups excluding tert-OH is 1. The highest BCUT2D eigenvalue weighted by Gasteiger charge is 2.25. The number of para-hydroxylation sites is 1. The monoisotopic (exact) mass is 292 g/mol. The maximum Gasteiger partial charge on any atom is 0.304 e. The van der Waals surface area contributed by atoms with Crippen LogP contribution in [0, 0.1) is 10.1 Å². The van der Waals surface area contributed by atoms with Crippen molar-refractivity contribution in [1.82, 2.24) is 0 Å². The molecule has 1 aromatic carbocycles. The largest absolute Gasteiger partial charge is 0.388 e. The Kier molecular flexibility index (Phi) is 4.36. The summed E-state index contributed by atoms with van der Waals surface area (Å²) in [6.07, 6.45) is -0.707. The van der Waals surface area contributed by atoms with E-state index in [-0.39, 0.29) is 5.69 Å². The fraction of sp³-hybridized carbons (Fsp3) is 0.286. The van der Waals surface area contributed by atoms with Crippen LogP contribution in [-0.2, 0) is 0 Å². The van der Waals surface area contributed by atoms with E-state index in [1.54, 1.807) is 6.92 Å². The number of nitro groups is 1. The summed E-state index contributed by atoms with van der Waals surface area (Å²) in [6.45, 7) is 4.17. The minimum atomic E-state index is -0.707. The number of anilines is 2. The van der Waals surface area contributed by atoms with Crippen LogP contribution in [0.15, 0.2) is 36.4 Å². The number of benzene rings is 1. The Morgan fingerprint density at radius 2 is 2.05 bits per heavy atom. The normalized spacial score (nSPS) is 12.2. The number of aliphatic hydroxyl groups is 1. The topological polar surface area (TPSA) is 66.6 Å². The van der Waals surface area contributed by atoms with Gasteiger partial charge in [-0.3, -0.25) is 10.1 Å². The van der Waals surface area contributed by atoms with Crippen molar-refractivity contribution in [3.05, 3.63) is 51.4 Å². The molecule has 0 bridgehead atoms. The molecule has 2 rings (SSSR count). The molecular weight excluding hydrogens is 276 g/mol. The average Bonchev–Trinajstić information content (AvgIpc) is 2.86. The van der Waals surface area contributed by atoms with Crippen LogP contribution >= 0.6 is 11.3 Å². The van der Waals surface area contributed by atoms with E-state index in [9.17, 15) is 15.2 Å². The summed E-state index contributed by atoms with van der Waals surface area (Å²) < 4.78 is 0. The van der Waals surface area contributed by atoms with Crippen molar-refractivity contribution in [3.8, 4) is 0 Å². The molecule has 0 unspecified atom stereocenters. The number of nitrogens with zero attached hydrogens (tertiary/aromatic N) is 2. The first-order chi connectivity index (χ1) is 9.54. The van der Waals surface area contributed by atoms with Gasteiger partial charge in [-0.25, -0.2) is 0 Å². The van der Waals surface area contributed by atoms with Crippen LogP contribution in [0.3, 0.4) is 0 Å². The third-order valence-electron chi connectivity index (χ3n) is 2.95. The maximum absolute atomic E-state index is 11.2. The zero-order valence-electron chi connectivity index (χ0n) is 11.3. The molecular formula is C14H16N2O3S. The van der Waals surface area contributed by atoms with Gasteiger partial charge in [0, 0.05) is 23.2 Å². The first-order valence-corrected chi connectivity index (χ1v) is 7.15. The van der Waals surface area contributed by atoms with E-state index in [1.165, 1.54) is 17.4 Å². The van der Waals surface area contributed by atoms with Crippen LogP contribution in [0.1, 0.15) is 24.8 Å². The Morgan fingerprint density at radius 1 is 1.40 bits per heavy atom. The molecule has 1 heterocycles. The molecule has 0 saturated carbocycles. The molecule has 0 aliphatic heterocycles. The molecule has 6 heteroatoms. The lowest BCUT2D eigenvalue weighted by molar-refractivity contribution is -0.383. The molecule has 0 aliphatic carbocycles. The van der Waals surface area contributed by atoms with Gasteiger partial charge in [-0.2, -0.15) is 0 Å². The second-order valence-electron chi connectivity index (χ2n) is 4.35. The third kappa shape index (κ3) is 2.81. The van der Waals surface area contributed by atoms with Crippen LogP contribution in [-0.4, -0.2) is 16.6 Å². The summed E-state index contributed by atoms with van der Waals surface area (Å²) in [5, 5.41) is 21.4. The van der Waals surface area contributed by atoms with Crippen molar-refractivity contribution in [2.75, 3.05) is 11.4 Å². The van der Waals surface area contributed by atoms with E-state index in [0.717, 1.165) is 5.69 Å². The summed E-state index contributed by atoms with van der Waals surface area (Å²) >= 11 is 1.26. The summed E-state index contributed by atoms with van der Waals surface area (Å²) in [7, 11) is 0. The minimum Gasteiger partial charge on any atom is -0.388 e. The predicted molar refractivity (Wildman–Crippen MR) is 80.7 cm³/mol. The van der Waals surface area contributed by atoms with E-state index >= 15 is 0 Å². The van der Waals surface area contributed by atoms with E-state index in [4.69, 9.17) is 0 Å². The zero-order valence-corrected chi connectivity index (χ0v) is 12.1. The quantitative estimate of drug-likeness (QED) is 0.671. The molecule has 0 fully saturated rings. The van der Waals surface area contributed by atoms with E-state index < -0.39 is 11.0 Å². The van der Waals surface area contributed by atoms with Gasteiger partial charge in [-0.05, 0) is 26.0 Å². The number of rotatable bonds is 5. The average molecular weight is 292 g/mol. The summed E-state index contributed by atoms with van der Waals surface area (Å²) in [5.74, 6) is 0. The molecule has 20 heavy (non-hydrogen) atoms. The summed E-state index contributed by atoms with van der Waals surface area (Å²) in [4.78, 5) is 13.3. The number of hydrogen-bond acceptors (Lipinski definition) is 5. The molecule has 5 nitrogen and oxygen atoms in total. The maximum atomic E-state index is 11.2. The molecule has 2 aromatic rings. The molecule has 1 aromatic heterocycles. The molecule has 0 aliphatic rings. The van der Waals surface area contributed by atoms with E-state index in [1.807, 2.05) is 42.2 Å². The van der Waals surface area contributed by atoms with Gasteiger partial charge in [-0.1, -0.05) is 18.2 Å². The van der Waals surface area contributed by atoms with Crippen molar-refractivity contribution in [2.45, 2.75) is 20.0 Å². The second-order valence-corrected chi connectivity index (χ2v) is 5.41. The van der Waals surface area contributed by atoms with Gasteiger partial charge in [0.25, 0.3) is 0 Å². The molecule has 0 radical (unpaired) electrons. The Balaban J connectivity index is 2.51. The highest BCUT2D eigenvalue weighted by molar-refractivity contribution is 7.16. The van der Waals surface area contributed by atoms with Crippen LogP contribution in [0.2, 0.25) is 0 Å². The highest BCUT2D eigenvalue weighted by atomic mass is 32.1. The Morgan fingerprint density at radius 3 is 2.55 bits per heavy atom. The van der Waals surface area contributed by atoms with Crippen molar-refractivity contribution in [3.63, 3.8) is 0 Å². The van der Waals surface area contributed by atoms with Gasteiger partial charge in [-0.15, -0.1) is 11.3 Å². The Labute approximate surface area is 121 Å². The lowest BCUT2D eigenvalue weighted by Gasteiger charge is -2.20. The van der Waals surface area contributed by atoms with Crippen LogP contribution in [0.25, 0.3) is 0 Å². The third-order valence-corrected chi connectivity index (χ3v) is 4.27. The Bertz CT molecular complexity index is 596. The number of hydrogen-bond donors (Lipinski definition) is 1. The lowest BCUT2D eigenvalue weighted by Crippen LogP contribution is -2.15. The van der Waals surface area contributed by atoms with Gasteiger partial charge in [0.15, 0.2) is 5.00 Å². The molecule has 0 amide bonds. The summed E-state index contributed by atoms with van der Waals surface area (Å²) in [6, 6.07) is 11.0. The zero-order chi connectivity index (χ0) is 14.7. The molecule has 0 spiro atoms. The van der Waals surface area contributed by atoms with Gasteiger partial charge < -0.3 is 10.0 Å². The van der Waals surface area contributed by atoms with Crippen molar-refractivity contribution < 1.29 is 10.0 Å². The first kappa shape index (κ1) is 14.5. The second kappa shape index (κ2) is 6.02. The minimum absolute atomic E-state index is 0.0385. The van der Waals surface area contributed by atoms with Gasteiger partial charge in [0.1, 0.15) is 0 Å². The molecule has 0 saturated heterocycles. The SMILES string of the molecule is CCN(c1ccccc1)c1sc([C@H](C)O)cc1[N+](=O)[O-]. The first-order valence-electron chi connectivity index (χ1n) is 6.33. The van der Waals surface area contributed by atoms with Crippen LogP contribution in [0.5, 0.6) is 0 Å². The van der Waals surface area contributed by atoms with E-state index in [2.05, 4.69) is 0 Å². The van der Waals surface area contributed by atoms with Crippen molar-refractivity contribution in [2.24, 2.45) is 0 Å². The van der Waals surface area contributed by atoms with Crippen LogP contribution < -0.4 is 4.90 Å². The smallest absolute Gasteiger partial charge is 0.304 e. The molecule has 1 atom stereocenters. The lowest BCUT2D eigenvalue weighted by atomic mass is 10.2. The standard InChI is InChI=1S/C14H16N2O3S/c1-3-15(11-7-5-4-6-8-11)14-12(16(18)19)9-13(20-14)10(2)17/h4-10,17H,3H2,1-2H3/t10-/m0/s1. The van der Waals surface area contributed by atoms with Gasteiger partial charge in [0.05, 0.1) is 11.0 Å². The van der Waals surface area contributed by atoms with Crippen molar-refractivity contribution in [1.29, 1.82) is 0 Å². The summed E-state index contributed by atoms with van der Waals surface area (Å²) in [5.41, 5.74) is 0.939. The van der Waals surface area contributed by atoms with Crippen LogP contribution in [0.4, 0.5) is 16.4 Å². The fourth-order valence-electron chi connectivity index (χ4n) is 1.97. The van der Waals surface area contributed by atoms with Gasteiger partial charge >= 0.3 is 5.69 Å². The highest BCUT2D eigenvalue weighted by Crippen LogP contribution is 2.42. The number of thiophene rings is 1. The fourth-order valence-corrected chi connectivity index (χ4v) is 3.12. The molecule has 106 valence electrons. The molecule has 1 N–H and O–H groups in total. The predicted octanol–water partition coefficient (Wildman–Crippen LogP) is 3.87. The Hall–Kier alpha value is -1.92. The van der Waals surface area contributed by atoms with E-state index in [0.29, 0.717) is 16.4 Å².